The molecule has 0 saturated carbocycles. The molecule has 120 valence electrons. The maximum Gasteiger partial charge on any atom is 0.254 e. The van der Waals surface area contributed by atoms with E-state index >= 15 is 0 Å². The maximum absolute atomic E-state index is 12.6. The Morgan fingerprint density at radius 2 is 2.08 bits per heavy atom. The zero-order valence-electron chi connectivity index (χ0n) is 13.7. The van der Waals surface area contributed by atoms with Gasteiger partial charge in [-0.25, -0.2) is 0 Å². The van der Waals surface area contributed by atoms with Crippen molar-refractivity contribution in [1.29, 1.82) is 0 Å². The number of hydrogen-bond acceptors (Lipinski definition) is 2. The topological polar surface area (TPSA) is 38.1 Å². The lowest BCUT2D eigenvalue weighted by molar-refractivity contribution is 0.0781. The van der Waals surface area contributed by atoms with Gasteiger partial charge in [-0.05, 0) is 35.2 Å². The van der Waals surface area contributed by atoms with E-state index in [0.717, 1.165) is 46.1 Å². The van der Waals surface area contributed by atoms with Crippen molar-refractivity contribution in [3.63, 3.8) is 0 Å². The Morgan fingerprint density at radius 3 is 2.92 bits per heavy atom. The summed E-state index contributed by atoms with van der Waals surface area (Å²) >= 11 is 0. The molecule has 0 saturated heterocycles. The molecule has 1 amide bonds. The Kier molecular flexibility index (Phi) is 3.45. The number of hydrogen-bond donors (Lipinski definition) is 0. The van der Waals surface area contributed by atoms with Gasteiger partial charge < -0.3 is 4.90 Å². The van der Waals surface area contributed by atoms with E-state index < -0.39 is 0 Å². The van der Waals surface area contributed by atoms with Gasteiger partial charge in [-0.1, -0.05) is 30.3 Å². The average Bonchev–Trinajstić information content (AvgIpc) is 3.13. The van der Waals surface area contributed by atoms with Crippen LogP contribution in [0.4, 0.5) is 0 Å². The van der Waals surface area contributed by atoms with Crippen LogP contribution in [0.2, 0.25) is 0 Å². The Labute approximate surface area is 141 Å². The van der Waals surface area contributed by atoms with Crippen LogP contribution in [0.1, 0.15) is 22.3 Å². The lowest BCUT2D eigenvalue weighted by Gasteiger charge is -2.14. The summed E-state index contributed by atoms with van der Waals surface area (Å²) in [5.74, 6) is 0.121. The highest BCUT2D eigenvalue weighted by Gasteiger charge is 2.28. The molecule has 1 aliphatic rings. The van der Waals surface area contributed by atoms with Crippen molar-refractivity contribution in [2.45, 2.75) is 13.0 Å². The molecule has 4 nitrogen and oxygen atoms in total. The first-order valence-corrected chi connectivity index (χ1v) is 8.13. The molecule has 0 spiro atoms. The van der Waals surface area contributed by atoms with Crippen LogP contribution in [0.3, 0.4) is 0 Å². The third-order valence-corrected chi connectivity index (χ3v) is 4.71. The number of carbonyl (C=O) groups is 1. The molecule has 4 heteroatoms. The molecule has 0 atom stereocenters. The molecule has 0 N–H and O–H groups in total. The molecule has 1 aromatic heterocycles. The van der Waals surface area contributed by atoms with Crippen molar-refractivity contribution in [3.8, 4) is 11.1 Å². The van der Waals surface area contributed by atoms with Gasteiger partial charge in [-0.2, -0.15) is 5.10 Å². The molecule has 0 bridgehead atoms. The highest BCUT2D eigenvalue weighted by Crippen LogP contribution is 2.34. The lowest BCUT2D eigenvalue weighted by Crippen LogP contribution is -2.24. The van der Waals surface area contributed by atoms with Crippen molar-refractivity contribution in [2.24, 2.45) is 7.05 Å². The maximum atomic E-state index is 12.6. The number of amides is 1. The van der Waals surface area contributed by atoms with Crippen LogP contribution in [0, 0.1) is 0 Å². The molecule has 0 fully saturated rings. The van der Waals surface area contributed by atoms with E-state index in [1.54, 1.807) is 0 Å². The van der Waals surface area contributed by atoms with Crippen molar-refractivity contribution in [2.75, 3.05) is 6.54 Å². The first-order chi connectivity index (χ1) is 11.7. The van der Waals surface area contributed by atoms with Gasteiger partial charge in [0, 0.05) is 31.1 Å². The number of benzene rings is 2. The minimum atomic E-state index is 0.121. The van der Waals surface area contributed by atoms with Gasteiger partial charge in [0.15, 0.2) is 0 Å². The third-order valence-electron chi connectivity index (χ3n) is 4.71. The summed E-state index contributed by atoms with van der Waals surface area (Å²) in [6.07, 6.45) is 4.54. The summed E-state index contributed by atoms with van der Waals surface area (Å²) in [5.41, 5.74) is 5.29. The smallest absolute Gasteiger partial charge is 0.254 e. The first kappa shape index (κ1) is 14.7. The van der Waals surface area contributed by atoms with Crippen LogP contribution >= 0.6 is 0 Å². The first-order valence-electron chi connectivity index (χ1n) is 8.13. The van der Waals surface area contributed by atoms with Gasteiger partial charge in [-0.3, -0.25) is 9.48 Å². The van der Waals surface area contributed by atoms with E-state index in [9.17, 15) is 4.79 Å². The van der Waals surface area contributed by atoms with Gasteiger partial charge in [-0.15, -0.1) is 6.58 Å². The number of fused-ring (bicyclic) bond motifs is 2. The monoisotopic (exact) mass is 317 g/mol. The van der Waals surface area contributed by atoms with Gasteiger partial charge in [0.05, 0.1) is 11.7 Å². The van der Waals surface area contributed by atoms with Crippen LogP contribution in [-0.2, 0) is 13.6 Å². The number of carbonyl (C=O) groups excluding carboxylic acids is 1. The molecule has 1 aliphatic heterocycles. The van der Waals surface area contributed by atoms with Crippen molar-refractivity contribution < 1.29 is 4.79 Å². The van der Waals surface area contributed by atoms with Gasteiger partial charge in [0.2, 0.25) is 0 Å². The predicted octanol–water partition coefficient (Wildman–Crippen LogP) is 3.77. The lowest BCUT2D eigenvalue weighted by atomic mass is 9.96. The number of aromatic nitrogens is 2. The van der Waals surface area contributed by atoms with Crippen LogP contribution in [0.5, 0.6) is 0 Å². The minimum absolute atomic E-state index is 0.121. The van der Waals surface area contributed by atoms with Gasteiger partial charge in [0.1, 0.15) is 0 Å². The largest absolute Gasteiger partial charge is 0.334 e. The Morgan fingerprint density at radius 1 is 1.25 bits per heavy atom. The van der Waals surface area contributed by atoms with E-state index in [1.807, 2.05) is 41.0 Å². The normalized spacial score (nSPS) is 13.5. The van der Waals surface area contributed by atoms with Crippen LogP contribution < -0.4 is 0 Å². The van der Waals surface area contributed by atoms with Crippen LogP contribution in [0.15, 0.2) is 55.3 Å². The minimum Gasteiger partial charge on any atom is -0.334 e. The second kappa shape index (κ2) is 5.64. The summed E-state index contributed by atoms with van der Waals surface area (Å²) in [4.78, 5) is 14.5. The van der Waals surface area contributed by atoms with Crippen molar-refractivity contribution >= 4 is 16.8 Å². The third kappa shape index (κ3) is 2.22. The summed E-state index contributed by atoms with van der Waals surface area (Å²) in [6, 6.07) is 12.3. The molecule has 2 aromatic carbocycles. The van der Waals surface area contributed by atoms with E-state index in [0.29, 0.717) is 6.54 Å². The summed E-state index contributed by atoms with van der Waals surface area (Å²) in [7, 11) is 1.95. The predicted molar refractivity (Wildman–Crippen MR) is 95.7 cm³/mol. The van der Waals surface area contributed by atoms with E-state index in [2.05, 4.69) is 35.9 Å². The number of rotatable bonds is 4. The zero-order chi connectivity index (χ0) is 16.7. The highest BCUT2D eigenvalue weighted by atomic mass is 16.2. The average molecular weight is 317 g/mol. The van der Waals surface area contributed by atoms with Crippen molar-refractivity contribution in [1.82, 2.24) is 14.7 Å². The Balaban J connectivity index is 1.79. The summed E-state index contributed by atoms with van der Waals surface area (Å²) < 4.78 is 1.88. The summed E-state index contributed by atoms with van der Waals surface area (Å²) in [5, 5.41) is 5.43. The molecule has 2 heterocycles. The van der Waals surface area contributed by atoms with Crippen LogP contribution in [0.25, 0.3) is 22.0 Å². The quantitative estimate of drug-likeness (QED) is 0.687. The van der Waals surface area contributed by atoms with E-state index in [1.165, 1.54) is 0 Å². The van der Waals surface area contributed by atoms with E-state index in [-0.39, 0.29) is 5.91 Å². The van der Waals surface area contributed by atoms with E-state index in [4.69, 9.17) is 0 Å². The molecular weight excluding hydrogens is 298 g/mol. The molecule has 0 unspecified atom stereocenters. The number of nitrogens with zero attached hydrogens (tertiary/aromatic N) is 3. The fourth-order valence-corrected chi connectivity index (χ4v) is 3.40. The number of aryl methyl sites for hydroxylation is 1. The second-order valence-corrected chi connectivity index (χ2v) is 6.18. The Bertz CT molecular complexity index is 955. The fraction of sp³-hybridized carbons (Fsp3) is 0.200. The molecular formula is C20H19N3O. The molecule has 3 aromatic rings. The van der Waals surface area contributed by atoms with Gasteiger partial charge >= 0.3 is 0 Å². The SMILES string of the molecule is C=CCCN1Cc2c(cccc2-c2ccc3cnn(C)c3c2)C1=O. The van der Waals surface area contributed by atoms with Crippen molar-refractivity contribution in [3.05, 3.63) is 66.4 Å². The molecule has 24 heavy (non-hydrogen) atoms. The van der Waals surface area contributed by atoms with Crippen LogP contribution in [-0.4, -0.2) is 27.1 Å². The van der Waals surface area contributed by atoms with Gasteiger partial charge in [0.25, 0.3) is 5.91 Å². The molecule has 0 radical (unpaired) electrons. The Hall–Kier alpha value is -2.88. The molecule has 4 rings (SSSR count). The second-order valence-electron chi connectivity index (χ2n) is 6.18. The standard InChI is InChI=1S/C20H19N3O/c1-3-4-10-23-13-18-16(6-5-7-17(18)20(23)24)14-8-9-15-12-21-22(2)19(15)11-14/h3,5-9,11-12H,1,4,10,13H2,2H3. The zero-order valence-corrected chi connectivity index (χ0v) is 13.7. The summed E-state index contributed by atoms with van der Waals surface area (Å²) in [6.45, 7) is 5.13. The molecule has 0 aliphatic carbocycles. The highest BCUT2D eigenvalue weighted by molar-refractivity contribution is 6.01. The fourth-order valence-electron chi connectivity index (χ4n) is 3.40.